The Morgan fingerprint density at radius 2 is 2.00 bits per heavy atom. The highest BCUT2D eigenvalue weighted by atomic mass is 16.5. The van der Waals surface area contributed by atoms with E-state index in [1.165, 1.54) is 6.07 Å². The van der Waals surface area contributed by atoms with Gasteiger partial charge in [-0.1, -0.05) is 19.9 Å². The molecular formula is C15H14O6. The van der Waals surface area contributed by atoms with Crippen LogP contribution in [0.25, 0.3) is 11.0 Å². The van der Waals surface area contributed by atoms with Gasteiger partial charge in [-0.15, -0.1) is 0 Å². The summed E-state index contributed by atoms with van der Waals surface area (Å²) >= 11 is 0. The van der Waals surface area contributed by atoms with Crippen LogP contribution in [0.1, 0.15) is 29.8 Å². The lowest BCUT2D eigenvalue weighted by atomic mass is 10.1. The minimum atomic E-state index is -1.35. The van der Waals surface area contributed by atoms with E-state index < -0.39 is 17.2 Å². The average molecular weight is 290 g/mol. The van der Waals surface area contributed by atoms with Crippen LogP contribution in [-0.2, 0) is 16.1 Å². The highest BCUT2D eigenvalue weighted by Gasteiger charge is 2.13. The number of carboxylic acid groups (broad SMARTS) is 1. The van der Waals surface area contributed by atoms with Crippen LogP contribution in [0.3, 0.4) is 0 Å². The molecule has 0 unspecified atom stereocenters. The molecule has 0 spiro atoms. The Labute approximate surface area is 119 Å². The summed E-state index contributed by atoms with van der Waals surface area (Å²) in [5.41, 5.74) is -0.363. The fourth-order valence-electron chi connectivity index (χ4n) is 1.73. The number of carbonyl (C=O) groups is 2. The molecule has 1 aromatic heterocycles. The monoisotopic (exact) mass is 290 g/mol. The van der Waals surface area contributed by atoms with Crippen LogP contribution in [0.5, 0.6) is 0 Å². The molecule has 0 amide bonds. The molecule has 110 valence electrons. The number of hydrogen-bond donors (Lipinski definition) is 1. The Bertz CT molecular complexity index is 756. The van der Waals surface area contributed by atoms with E-state index in [0.717, 1.165) is 0 Å². The minimum Gasteiger partial charge on any atom is -0.477 e. The van der Waals surface area contributed by atoms with E-state index in [9.17, 15) is 14.4 Å². The van der Waals surface area contributed by atoms with Crippen molar-refractivity contribution in [2.75, 3.05) is 0 Å². The molecule has 2 rings (SSSR count). The first-order valence-electron chi connectivity index (χ1n) is 6.35. The lowest BCUT2D eigenvalue weighted by Crippen LogP contribution is -2.13. The summed E-state index contributed by atoms with van der Waals surface area (Å²) in [6.45, 7) is 3.54. The van der Waals surface area contributed by atoms with Gasteiger partial charge in [0.05, 0.1) is 5.92 Å². The first-order chi connectivity index (χ1) is 9.88. The smallest absolute Gasteiger partial charge is 0.351 e. The number of carbonyl (C=O) groups excluding carboxylic acids is 1. The third-order valence-electron chi connectivity index (χ3n) is 2.88. The van der Waals surface area contributed by atoms with Gasteiger partial charge in [0.2, 0.25) is 0 Å². The average Bonchev–Trinajstić information content (AvgIpc) is 2.43. The second-order valence-corrected chi connectivity index (χ2v) is 4.89. The van der Waals surface area contributed by atoms with Gasteiger partial charge in [-0.25, -0.2) is 9.59 Å². The molecule has 0 aliphatic heterocycles. The number of rotatable bonds is 4. The Kier molecular flexibility index (Phi) is 4.07. The van der Waals surface area contributed by atoms with Gasteiger partial charge in [0, 0.05) is 5.39 Å². The van der Waals surface area contributed by atoms with Crippen molar-refractivity contribution in [3.05, 3.63) is 45.8 Å². The first kappa shape index (κ1) is 14.8. The largest absolute Gasteiger partial charge is 0.477 e. The summed E-state index contributed by atoms with van der Waals surface area (Å²) in [5.74, 6) is -1.88. The van der Waals surface area contributed by atoms with Gasteiger partial charge in [0.1, 0.15) is 17.8 Å². The quantitative estimate of drug-likeness (QED) is 0.685. The molecule has 0 atom stereocenters. The molecule has 6 nitrogen and oxygen atoms in total. The number of hydrogen-bond acceptors (Lipinski definition) is 5. The summed E-state index contributed by atoms with van der Waals surface area (Å²) in [6, 6.07) is 6.07. The van der Waals surface area contributed by atoms with Gasteiger partial charge in [-0.05, 0) is 23.8 Å². The second kappa shape index (κ2) is 5.78. The van der Waals surface area contributed by atoms with Crippen LogP contribution in [0, 0.1) is 5.92 Å². The van der Waals surface area contributed by atoms with E-state index in [-0.39, 0.29) is 24.1 Å². The lowest BCUT2D eigenvalue weighted by molar-refractivity contribution is -0.148. The van der Waals surface area contributed by atoms with Gasteiger partial charge < -0.3 is 14.3 Å². The second-order valence-electron chi connectivity index (χ2n) is 4.89. The molecule has 21 heavy (non-hydrogen) atoms. The first-order valence-corrected chi connectivity index (χ1v) is 6.35. The Balaban J connectivity index is 2.32. The summed E-state index contributed by atoms with van der Waals surface area (Å²) in [5, 5.41) is 9.37. The molecule has 0 aliphatic rings. The van der Waals surface area contributed by atoms with Crippen LogP contribution < -0.4 is 5.63 Å². The molecule has 1 N–H and O–H groups in total. The SMILES string of the molecule is CC(C)C(=O)OCc1ccc2oc(=O)c(C(=O)O)cc2c1. The van der Waals surface area contributed by atoms with Gasteiger partial charge in [0.15, 0.2) is 0 Å². The Hall–Kier alpha value is -2.63. The zero-order valence-corrected chi connectivity index (χ0v) is 11.6. The van der Waals surface area contributed by atoms with Gasteiger partial charge >= 0.3 is 17.6 Å². The summed E-state index contributed by atoms with van der Waals surface area (Å²) < 4.78 is 10.0. The number of fused-ring (bicyclic) bond motifs is 1. The fourth-order valence-corrected chi connectivity index (χ4v) is 1.73. The van der Waals surface area contributed by atoms with Gasteiger partial charge in [0.25, 0.3) is 0 Å². The molecule has 6 heteroatoms. The summed E-state index contributed by atoms with van der Waals surface area (Å²) in [6.07, 6.45) is 0. The molecule has 0 saturated heterocycles. The molecule has 0 aliphatic carbocycles. The maximum atomic E-state index is 11.4. The number of aromatic carboxylic acids is 1. The van der Waals surface area contributed by atoms with Crippen LogP contribution in [0.2, 0.25) is 0 Å². The van der Waals surface area contributed by atoms with Crippen molar-refractivity contribution in [3.63, 3.8) is 0 Å². The maximum Gasteiger partial charge on any atom is 0.351 e. The number of esters is 1. The van der Waals surface area contributed by atoms with Crippen molar-refractivity contribution in [2.45, 2.75) is 20.5 Å². The molecular weight excluding hydrogens is 276 g/mol. The normalized spacial score (nSPS) is 10.8. The van der Waals surface area contributed by atoms with E-state index in [1.54, 1.807) is 32.0 Å². The predicted molar refractivity (Wildman–Crippen MR) is 74.1 cm³/mol. The van der Waals surface area contributed by atoms with Crippen molar-refractivity contribution in [2.24, 2.45) is 5.92 Å². The number of benzene rings is 1. The molecule has 0 bridgehead atoms. The predicted octanol–water partition coefficient (Wildman–Crippen LogP) is 2.19. The van der Waals surface area contributed by atoms with E-state index in [4.69, 9.17) is 14.3 Å². The van der Waals surface area contributed by atoms with Crippen molar-refractivity contribution >= 4 is 22.9 Å². The topological polar surface area (TPSA) is 93.8 Å². The molecule has 2 aromatic rings. The standard InChI is InChI=1S/C15H14O6/c1-8(2)14(18)20-7-9-3-4-12-10(5-9)6-11(13(16)17)15(19)21-12/h3-6,8H,7H2,1-2H3,(H,16,17). The Morgan fingerprint density at radius 1 is 1.29 bits per heavy atom. The zero-order chi connectivity index (χ0) is 15.6. The van der Waals surface area contributed by atoms with Gasteiger partial charge in [-0.3, -0.25) is 4.79 Å². The third kappa shape index (κ3) is 3.28. The molecule has 0 radical (unpaired) electrons. The van der Waals surface area contributed by atoms with Crippen LogP contribution in [0.4, 0.5) is 0 Å². The number of ether oxygens (including phenoxy) is 1. The Morgan fingerprint density at radius 3 is 2.62 bits per heavy atom. The lowest BCUT2D eigenvalue weighted by Gasteiger charge is -2.07. The van der Waals surface area contributed by atoms with Crippen LogP contribution >= 0.6 is 0 Å². The van der Waals surface area contributed by atoms with Crippen molar-refractivity contribution in [1.29, 1.82) is 0 Å². The minimum absolute atomic E-state index is 0.0779. The van der Waals surface area contributed by atoms with E-state index in [2.05, 4.69) is 0 Å². The fraction of sp³-hybridized carbons (Fsp3) is 0.267. The molecule has 0 fully saturated rings. The number of carboxylic acids is 1. The summed E-state index contributed by atoms with van der Waals surface area (Å²) in [4.78, 5) is 33.8. The highest BCUT2D eigenvalue weighted by Crippen LogP contribution is 2.17. The molecule has 1 heterocycles. The van der Waals surface area contributed by atoms with E-state index in [1.807, 2.05) is 0 Å². The van der Waals surface area contributed by atoms with Crippen molar-refractivity contribution in [3.8, 4) is 0 Å². The van der Waals surface area contributed by atoms with E-state index in [0.29, 0.717) is 10.9 Å². The van der Waals surface area contributed by atoms with Crippen LogP contribution in [0.15, 0.2) is 33.5 Å². The van der Waals surface area contributed by atoms with E-state index >= 15 is 0 Å². The molecule has 1 aromatic carbocycles. The van der Waals surface area contributed by atoms with Crippen molar-refractivity contribution < 1.29 is 23.8 Å². The zero-order valence-electron chi connectivity index (χ0n) is 11.6. The summed E-state index contributed by atoms with van der Waals surface area (Å²) in [7, 11) is 0. The van der Waals surface area contributed by atoms with Gasteiger partial charge in [-0.2, -0.15) is 0 Å². The van der Waals surface area contributed by atoms with Crippen LogP contribution in [-0.4, -0.2) is 17.0 Å². The third-order valence-corrected chi connectivity index (χ3v) is 2.88. The van der Waals surface area contributed by atoms with Crippen molar-refractivity contribution in [1.82, 2.24) is 0 Å². The molecule has 0 saturated carbocycles. The highest BCUT2D eigenvalue weighted by molar-refractivity contribution is 5.91. The maximum absolute atomic E-state index is 11.4.